The van der Waals surface area contributed by atoms with E-state index in [1.54, 1.807) is 25.8 Å². The van der Waals surface area contributed by atoms with Crippen LogP contribution in [0.25, 0.3) is 0 Å². The minimum atomic E-state index is -0.771. The molecule has 3 N–H and O–H groups in total. The van der Waals surface area contributed by atoms with Crippen LogP contribution >= 0.6 is 0 Å². The zero-order valence-corrected chi connectivity index (χ0v) is 12.6. The van der Waals surface area contributed by atoms with E-state index in [4.69, 9.17) is 5.73 Å². The third-order valence-corrected chi connectivity index (χ3v) is 3.63. The maximum atomic E-state index is 11.9. The van der Waals surface area contributed by atoms with Gasteiger partial charge in [0, 0.05) is 31.4 Å². The number of nitrogens with zero attached hydrogens (tertiary/aromatic N) is 2. The van der Waals surface area contributed by atoms with E-state index in [1.165, 1.54) is 0 Å². The molecule has 0 saturated heterocycles. The predicted octanol–water partition coefficient (Wildman–Crippen LogP) is 1.26. The molecule has 1 aliphatic heterocycles. The van der Waals surface area contributed by atoms with Crippen LogP contribution in [0.4, 0.5) is 11.4 Å². The average Bonchev–Trinajstić information content (AvgIpc) is 2.60. The van der Waals surface area contributed by atoms with Crippen molar-refractivity contribution in [1.29, 1.82) is 0 Å². The van der Waals surface area contributed by atoms with Crippen molar-refractivity contribution in [2.24, 2.45) is 5.73 Å². The molecule has 1 aromatic carbocycles. The second-order valence-electron chi connectivity index (χ2n) is 5.94. The van der Waals surface area contributed by atoms with Crippen molar-refractivity contribution in [3.05, 3.63) is 23.8 Å². The molecule has 5 heteroatoms. The first-order valence-corrected chi connectivity index (χ1v) is 6.89. The van der Waals surface area contributed by atoms with E-state index in [1.807, 2.05) is 25.1 Å². The molecule has 1 amide bonds. The lowest BCUT2D eigenvalue weighted by Gasteiger charge is -2.30. The Kier molecular flexibility index (Phi) is 3.75. The first kappa shape index (κ1) is 14.8. The van der Waals surface area contributed by atoms with E-state index in [9.17, 15) is 9.90 Å². The highest BCUT2D eigenvalue weighted by Gasteiger charge is 2.32. The summed E-state index contributed by atoms with van der Waals surface area (Å²) in [6.45, 7) is 6.93. The summed E-state index contributed by atoms with van der Waals surface area (Å²) in [4.78, 5) is 15.6. The topological polar surface area (TPSA) is 69.8 Å². The molecule has 5 nitrogen and oxygen atoms in total. The fraction of sp³-hybridized carbons (Fsp3) is 0.533. The SMILES string of the molecule is CCN(CC(C)(C)O)c1ccc2c(c1)N(C)C(=O)C2N. The van der Waals surface area contributed by atoms with Crippen LogP contribution < -0.4 is 15.5 Å². The molecule has 1 aliphatic rings. The molecule has 110 valence electrons. The van der Waals surface area contributed by atoms with Gasteiger partial charge in [-0.15, -0.1) is 0 Å². The van der Waals surface area contributed by atoms with Crippen molar-refractivity contribution in [2.75, 3.05) is 29.9 Å². The molecule has 2 rings (SSSR count). The molecule has 1 heterocycles. The number of benzene rings is 1. The fourth-order valence-corrected chi connectivity index (χ4v) is 2.60. The van der Waals surface area contributed by atoms with Crippen LogP contribution in [0, 0.1) is 0 Å². The number of aliphatic hydroxyl groups is 1. The first-order chi connectivity index (χ1) is 9.24. The first-order valence-electron chi connectivity index (χ1n) is 6.89. The van der Waals surface area contributed by atoms with Crippen molar-refractivity contribution in [1.82, 2.24) is 0 Å². The molecule has 0 aromatic heterocycles. The predicted molar refractivity (Wildman–Crippen MR) is 81.0 cm³/mol. The Bertz CT molecular complexity index is 522. The van der Waals surface area contributed by atoms with Crippen molar-refractivity contribution in [3.8, 4) is 0 Å². The Morgan fingerprint density at radius 2 is 2.10 bits per heavy atom. The van der Waals surface area contributed by atoms with E-state index in [0.29, 0.717) is 6.54 Å². The molecule has 20 heavy (non-hydrogen) atoms. The van der Waals surface area contributed by atoms with Crippen molar-refractivity contribution in [2.45, 2.75) is 32.4 Å². The molecule has 1 unspecified atom stereocenters. The number of carbonyl (C=O) groups is 1. The van der Waals surface area contributed by atoms with Crippen LogP contribution in [0.2, 0.25) is 0 Å². The van der Waals surface area contributed by atoms with E-state index in [-0.39, 0.29) is 5.91 Å². The number of fused-ring (bicyclic) bond motifs is 1. The van der Waals surface area contributed by atoms with Gasteiger partial charge in [-0.05, 0) is 32.9 Å². The third-order valence-electron chi connectivity index (χ3n) is 3.63. The molecule has 0 saturated carbocycles. The monoisotopic (exact) mass is 277 g/mol. The van der Waals surface area contributed by atoms with Crippen molar-refractivity contribution < 1.29 is 9.90 Å². The largest absolute Gasteiger partial charge is 0.389 e. The molecule has 1 atom stereocenters. The van der Waals surface area contributed by atoms with Crippen LogP contribution in [0.3, 0.4) is 0 Å². The van der Waals surface area contributed by atoms with Gasteiger partial charge >= 0.3 is 0 Å². The van der Waals surface area contributed by atoms with Gasteiger partial charge in [0.15, 0.2) is 0 Å². The normalized spacial score (nSPS) is 18.4. The summed E-state index contributed by atoms with van der Waals surface area (Å²) in [6.07, 6.45) is 0. The van der Waals surface area contributed by atoms with Crippen LogP contribution in [0.1, 0.15) is 32.4 Å². The summed E-state index contributed by atoms with van der Waals surface area (Å²) in [5, 5.41) is 9.98. The minimum Gasteiger partial charge on any atom is -0.389 e. The Morgan fingerprint density at radius 3 is 2.65 bits per heavy atom. The standard InChI is InChI=1S/C15H23N3O2/c1-5-18(9-15(2,3)20)10-6-7-11-12(8-10)17(4)14(19)13(11)16/h6-8,13,20H,5,9,16H2,1-4H3. The summed E-state index contributed by atoms with van der Waals surface area (Å²) < 4.78 is 0. The van der Waals surface area contributed by atoms with Gasteiger partial charge in [-0.3, -0.25) is 4.79 Å². The second-order valence-corrected chi connectivity index (χ2v) is 5.94. The molecular formula is C15H23N3O2. The Balaban J connectivity index is 2.34. The number of nitrogens with two attached hydrogens (primary N) is 1. The third kappa shape index (κ3) is 2.64. The van der Waals surface area contributed by atoms with Gasteiger partial charge in [-0.1, -0.05) is 6.07 Å². The number of likely N-dealkylation sites (N-methyl/N-ethyl adjacent to an activating group) is 2. The highest BCUT2D eigenvalue weighted by Crippen LogP contribution is 2.36. The van der Waals surface area contributed by atoms with Gasteiger partial charge in [-0.25, -0.2) is 0 Å². The maximum absolute atomic E-state index is 11.9. The lowest BCUT2D eigenvalue weighted by atomic mass is 10.1. The molecule has 0 bridgehead atoms. The average molecular weight is 277 g/mol. The summed E-state index contributed by atoms with van der Waals surface area (Å²) >= 11 is 0. The van der Waals surface area contributed by atoms with E-state index < -0.39 is 11.6 Å². The summed E-state index contributed by atoms with van der Waals surface area (Å²) in [5.41, 5.74) is 7.83. The number of anilines is 2. The Hall–Kier alpha value is -1.59. The number of hydrogen-bond donors (Lipinski definition) is 2. The van der Waals surface area contributed by atoms with Crippen molar-refractivity contribution >= 4 is 17.3 Å². The number of amides is 1. The zero-order chi connectivity index (χ0) is 15.1. The lowest BCUT2D eigenvalue weighted by molar-refractivity contribution is -0.118. The van der Waals surface area contributed by atoms with Crippen LogP contribution in [0.15, 0.2) is 18.2 Å². The van der Waals surface area contributed by atoms with Crippen LogP contribution in [-0.4, -0.2) is 36.8 Å². The molecule has 0 spiro atoms. The quantitative estimate of drug-likeness (QED) is 0.869. The Morgan fingerprint density at radius 1 is 1.45 bits per heavy atom. The summed E-state index contributed by atoms with van der Waals surface area (Å²) in [7, 11) is 1.74. The molecular weight excluding hydrogens is 254 g/mol. The van der Waals surface area contributed by atoms with E-state index in [2.05, 4.69) is 4.90 Å². The summed E-state index contributed by atoms with van der Waals surface area (Å²) in [6, 6.07) is 5.27. The van der Waals surface area contributed by atoms with Gasteiger partial charge in [0.2, 0.25) is 5.91 Å². The highest BCUT2D eigenvalue weighted by molar-refractivity contribution is 6.04. The summed E-state index contributed by atoms with van der Waals surface area (Å²) in [5.74, 6) is -0.0808. The van der Waals surface area contributed by atoms with Crippen molar-refractivity contribution in [3.63, 3.8) is 0 Å². The van der Waals surface area contributed by atoms with Crippen LogP contribution in [-0.2, 0) is 4.79 Å². The van der Waals surface area contributed by atoms with Gasteiger partial charge < -0.3 is 20.6 Å². The van der Waals surface area contributed by atoms with Gasteiger partial charge in [0.1, 0.15) is 6.04 Å². The molecule has 1 aromatic rings. The van der Waals surface area contributed by atoms with Gasteiger partial charge in [-0.2, -0.15) is 0 Å². The number of hydrogen-bond acceptors (Lipinski definition) is 4. The van der Waals surface area contributed by atoms with Gasteiger partial charge in [0.05, 0.1) is 11.3 Å². The molecule has 0 radical (unpaired) electrons. The lowest BCUT2D eigenvalue weighted by Crippen LogP contribution is -2.38. The maximum Gasteiger partial charge on any atom is 0.248 e. The number of rotatable bonds is 4. The Labute approximate surface area is 120 Å². The minimum absolute atomic E-state index is 0.0808. The van der Waals surface area contributed by atoms with Crippen LogP contribution in [0.5, 0.6) is 0 Å². The molecule has 0 fully saturated rings. The fourth-order valence-electron chi connectivity index (χ4n) is 2.60. The number of carbonyl (C=O) groups excluding carboxylic acids is 1. The van der Waals surface area contributed by atoms with E-state index >= 15 is 0 Å². The smallest absolute Gasteiger partial charge is 0.248 e. The van der Waals surface area contributed by atoms with E-state index in [0.717, 1.165) is 23.5 Å². The zero-order valence-electron chi connectivity index (χ0n) is 12.6. The van der Waals surface area contributed by atoms with Gasteiger partial charge in [0.25, 0.3) is 0 Å². The second kappa shape index (κ2) is 5.07. The highest BCUT2D eigenvalue weighted by atomic mass is 16.3. The molecule has 0 aliphatic carbocycles.